The monoisotopic (exact) mass is 313 g/mol. The van der Waals surface area contributed by atoms with Crippen molar-refractivity contribution in [2.75, 3.05) is 6.61 Å². The summed E-state index contributed by atoms with van der Waals surface area (Å²) >= 11 is 0. The van der Waals surface area contributed by atoms with Gasteiger partial charge in [-0.15, -0.1) is 0 Å². The highest BCUT2D eigenvalue weighted by Crippen LogP contribution is 2.21. The lowest BCUT2D eigenvalue weighted by Gasteiger charge is -2.10. The quantitative estimate of drug-likeness (QED) is 0.652. The molecule has 0 aliphatic heterocycles. The lowest BCUT2D eigenvalue weighted by molar-refractivity contribution is 0.319. The number of nitriles is 1. The average molecular weight is 313 g/mol. The predicted octanol–water partition coefficient (Wildman–Crippen LogP) is 5.16. The van der Waals surface area contributed by atoms with Crippen molar-refractivity contribution in [3.63, 3.8) is 0 Å². The van der Waals surface area contributed by atoms with Gasteiger partial charge in [0, 0.05) is 6.42 Å². The second-order valence-electron chi connectivity index (χ2n) is 5.75. The lowest BCUT2D eigenvalue weighted by atomic mass is 10.0. The molecule has 2 nitrogen and oxygen atoms in total. The van der Waals surface area contributed by atoms with E-state index in [4.69, 9.17) is 10.00 Å². The van der Waals surface area contributed by atoms with Gasteiger partial charge in [0.1, 0.15) is 5.75 Å². The van der Waals surface area contributed by atoms with Crippen LogP contribution in [0, 0.1) is 18.3 Å². The van der Waals surface area contributed by atoms with E-state index < -0.39 is 0 Å². The van der Waals surface area contributed by atoms with Crippen LogP contribution in [0.3, 0.4) is 0 Å². The zero-order chi connectivity index (χ0) is 16.8. The summed E-state index contributed by atoms with van der Waals surface area (Å²) in [5.41, 5.74) is 5.36. The molecule has 0 aliphatic rings. The molecule has 3 rings (SSSR count). The van der Waals surface area contributed by atoms with Gasteiger partial charge in [-0.1, -0.05) is 60.7 Å². The smallest absolute Gasteiger partial charge is 0.123 e. The van der Waals surface area contributed by atoms with Crippen molar-refractivity contribution in [1.29, 1.82) is 5.26 Å². The van der Waals surface area contributed by atoms with Gasteiger partial charge in [0.2, 0.25) is 0 Å². The van der Waals surface area contributed by atoms with Crippen LogP contribution in [0.2, 0.25) is 0 Å². The van der Waals surface area contributed by atoms with Gasteiger partial charge in [-0.2, -0.15) is 5.26 Å². The van der Waals surface area contributed by atoms with Crippen molar-refractivity contribution in [3.8, 4) is 22.9 Å². The van der Waals surface area contributed by atoms with E-state index in [-0.39, 0.29) is 0 Å². The van der Waals surface area contributed by atoms with Crippen LogP contribution < -0.4 is 4.74 Å². The van der Waals surface area contributed by atoms with Crippen LogP contribution >= 0.6 is 0 Å². The lowest BCUT2D eigenvalue weighted by Crippen LogP contribution is -2.02. The van der Waals surface area contributed by atoms with Crippen LogP contribution in [-0.4, -0.2) is 6.61 Å². The molecule has 2 heteroatoms. The first-order valence-corrected chi connectivity index (χ1v) is 8.04. The molecule has 0 aromatic heterocycles. The highest BCUT2D eigenvalue weighted by molar-refractivity contribution is 5.63. The van der Waals surface area contributed by atoms with Crippen LogP contribution in [0.25, 0.3) is 11.1 Å². The second kappa shape index (κ2) is 7.48. The van der Waals surface area contributed by atoms with E-state index in [1.807, 2.05) is 25.1 Å². The number of rotatable bonds is 5. The summed E-state index contributed by atoms with van der Waals surface area (Å²) in [6, 6.07) is 26.6. The molecule has 0 heterocycles. The summed E-state index contributed by atoms with van der Waals surface area (Å²) < 4.78 is 5.85. The first-order chi connectivity index (χ1) is 11.8. The number of hydrogen-bond acceptors (Lipinski definition) is 2. The maximum absolute atomic E-state index is 8.97. The number of benzene rings is 3. The molecule has 118 valence electrons. The van der Waals surface area contributed by atoms with Crippen molar-refractivity contribution in [2.24, 2.45) is 0 Å². The topological polar surface area (TPSA) is 33.0 Å². The molecule has 0 saturated carbocycles. The predicted molar refractivity (Wildman–Crippen MR) is 97.0 cm³/mol. The van der Waals surface area contributed by atoms with E-state index in [0.717, 1.165) is 17.7 Å². The zero-order valence-electron chi connectivity index (χ0n) is 13.7. The Balaban J connectivity index is 1.61. The third-order valence-electron chi connectivity index (χ3n) is 4.03. The Morgan fingerprint density at radius 1 is 0.875 bits per heavy atom. The van der Waals surface area contributed by atoms with E-state index >= 15 is 0 Å². The Kier molecular flexibility index (Phi) is 4.93. The van der Waals surface area contributed by atoms with Crippen LogP contribution in [0.4, 0.5) is 0 Å². The fourth-order valence-electron chi connectivity index (χ4n) is 2.60. The molecule has 0 spiro atoms. The Morgan fingerprint density at radius 3 is 2.29 bits per heavy atom. The number of hydrogen-bond donors (Lipinski definition) is 0. The Labute approximate surface area is 143 Å². The van der Waals surface area contributed by atoms with Crippen molar-refractivity contribution >= 4 is 0 Å². The minimum Gasteiger partial charge on any atom is -0.493 e. The van der Waals surface area contributed by atoms with Gasteiger partial charge in [-0.05, 0) is 41.3 Å². The molecule has 0 radical (unpaired) electrons. The van der Waals surface area contributed by atoms with Crippen molar-refractivity contribution < 1.29 is 4.74 Å². The molecular formula is C22H19NO. The van der Waals surface area contributed by atoms with Gasteiger partial charge >= 0.3 is 0 Å². The number of aryl methyl sites for hydroxylation is 1. The first-order valence-electron chi connectivity index (χ1n) is 8.04. The van der Waals surface area contributed by atoms with E-state index in [2.05, 4.69) is 54.6 Å². The van der Waals surface area contributed by atoms with E-state index in [1.54, 1.807) is 6.07 Å². The molecule has 0 saturated heterocycles. The van der Waals surface area contributed by atoms with Crippen molar-refractivity contribution in [3.05, 3.63) is 89.5 Å². The molecule has 0 unspecified atom stereocenters. The highest BCUT2D eigenvalue weighted by Gasteiger charge is 2.02. The van der Waals surface area contributed by atoms with E-state index in [0.29, 0.717) is 12.2 Å². The summed E-state index contributed by atoms with van der Waals surface area (Å²) in [5.74, 6) is 0.787. The molecule has 3 aromatic carbocycles. The fourth-order valence-corrected chi connectivity index (χ4v) is 2.60. The Hall–Kier alpha value is -3.05. The van der Waals surface area contributed by atoms with Gasteiger partial charge in [0.25, 0.3) is 0 Å². The molecule has 0 amide bonds. The SMILES string of the molecule is Cc1ccc(C#N)cc1OCCc1ccc(-c2ccccc2)cc1. The molecule has 0 fully saturated rings. The second-order valence-corrected chi connectivity index (χ2v) is 5.75. The van der Waals surface area contributed by atoms with Gasteiger partial charge in [-0.25, -0.2) is 0 Å². The number of nitrogens with zero attached hydrogens (tertiary/aromatic N) is 1. The van der Waals surface area contributed by atoms with Gasteiger partial charge in [0.05, 0.1) is 18.2 Å². The number of ether oxygens (including phenoxy) is 1. The molecule has 0 bridgehead atoms. The molecule has 3 aromatic rings. The Bertz CT molecular complexity index is 845. The van der Waals surface area contributed by atoms with Crippen LogP contribution in [0.15, 0.2) is 72.8 Å². The molecule has 0 aliphatic carbocycles. The Morgan fingerprint density at radius 2 is 1.58 bits per heavy atom. The first kappa shape index (κ1) is 15.8. The highest BCUT2D eigenvalue weighted by atomic mass is 16.5. The van der Waals surface area contributed by atoms with Crippen LogP contribution in [-0.2, 0) is 6.42 Å². The third-order valence-corrected chi connectivity index (χ3v) is 4.03. The van der Waals surface area contributed by atoms with Crippen LogP contribution in [0.5, 0.6) is 5.75 Å². The minimum atomic E-state index is 0.598. The zero-order valence-corrected chi connectivity index (χ0v) is 13.7. The molecule has 24 heavy (non-hydrogen) atoms. The summed E-state index contributed by atoms with van der Waals surface area (Å²) in [6.07, 6.45) is 0.839. The van der Waals surface area contributed by atoms with E-state index in [9.17, 15) is 0 Å². The maximum atomic E-state index is 8.97. The van der Waals surface area contributed by atoms with E-state index in [1.165, 1.54) is 16.7 Å². The molecule has 0 atom stereocenters. The molecule has 0 N–H and O–H groups in total. The summed E-state index contributed by atoms with van der Waals surface area (Å²) in [5, 5.41) is 8.97. The van der Waals surface area contributed by atoms with Gasteiger partial charge in [-0.3, -0.25) is 0 Å². The van der Waals surface area contributed by atoms with Crippen LogP contribution in [0.1, 0.15) is 16.7 Å². The van der Waals surface area contributed by atoms with Gasteiger partial charge < -0.3 is 4.74 Å². The summed E-state index contributed by atoms with van der Waals surface area (Å²) in [7, 11) is 0. The normalized spacial score (nSPS) is 10.2. The molecular weight excluding hydrogens is 294 g/mol. The standard InChI is InChI=1S/C22H19NO/c1-17-7-8-19(16-23)15-22(17)24-14-13-18-9-11-21(12-10-18)20-5-3-2-4-6-20/h2-12,15H,13-14H2,1H3. The fraction of sp³-hybridized carbons (Fsp3) is 0.136. The summed E-state index contributed by atoms with van der Waals surface area (Å²) in [4.78, 5) is 0. The maximum Gasteiger partial charge on any atom is 0.123 e. The third kappa shape index (κ3) is 3.83. The average Bonchev–Trinajstić information content (AvgIpc) is 2.64. The summed E-state index contributed by atoms with van der Waals surface area (Å²) in [6.45, 7) is 2.59. The largest absolute Gasteiger partial charge is 0.493 e. The minimum absolute atomic E-state index is 0.598. The van der Waals surface area contributed by atoms with Crippen molar-refractivity contribution in [2.45, 2.75) is 13.3 Å². The van der Waals surface area contributed by atoms with Crippen molar-refractivity contribution in [1.82, 2.24) is 0 Å². The van der Waals surface area contributed by atoms with Gasteiger partial charge in [0.15, 0.2) is 0 Å².